The average Bonchev–Trinajstić information content (AvgIpc) is 2.29. The van der Waals surface area contributed by atoms with Crippen molar-refractivity contribution in [2.24, 2.45) is 0 Å². The zero-order chi connectivity index (χ0) is 11.1. The van der Waals surface area contributed by atoms with Gasteiger partial charge in [0.2, 0.25) is 0 Å². The van der Waals surface area contributed by atoms with E-state index < -0.39 is 0 Å². The molecule has 0 radical (unpaired) electrons. The topological polar surface area (TPSA) is 51.2 Å². The quantitative estimate of drug-likeness (QED) is 0.598. The summed E-state index contributed by atoms with van der Waals surface area (Å²) in [5.74, 6) is -0.371. The van der Waals surface area contributed by atoms with Crippen LogP contribution in [0.2, 0.25) is 0 Å². The molecule has 1 atom stereocenters. The normalized spacial score (nSPS) is 12.4. The number of nitrogens with one attached hydrogen (secondary N) is 1. The van der Waals surface area contributed by atoms with Crippen molar-refractivity contribution in [3.8, 4) is 0 Å². The SMILES string of the molecule is COC(=O)/C=C/NC(C)c1ccncc1. The van der Waals surface area contributed by atoms with Gasteiger partial charge in [-0.2, -0.15) is 0 Å². The van der Waals surface area contributed by atoms with Gasteiger partial charge in [0.25, 0.3) is 0 Å². The summed E-state index contributed by atoms with van der Waals surface area (Å²) in [4.78, 5) is 14.7. The van der Waals surface area contributed by atoms with Crippen LogP contribution in [0, 0.1) is 0 Å². The molecule has 4 heteroatoms. The zero-order valence-corrected chi connectivity index (χ0v) is 8.81. The van der Waals surface area contributed by atoms with Crippen molar-refractivity contribution in [3.63, 3.8) is 0 Å². The standard InChI is InChI=1S/C11H14N2O2/c1-9(10-3-6-12-7-4-10)13-8-5-11(14)15-2/h3-9,13H,1-2H3/b8-5+. The summed E-state index contributed by atoms with van der Waals surface area (Å²) < 4.78 is 4.46. The molecule has 4 nitrogen and oxygen atoms in total. The Hall–Kier alpha value is -1.84. The Labute approximate surface area is 89.0 Å². The number of carbonyl (C=O) groups excluding carboxylic acids is 1. The lowest BCUT2D eigenvalue weighted by Gasteiger charge is -2.11. The van der Waals surface area contributed by atoms with Crippen LogP contribution in [0.25, 0.3) is 0 Å². The van der Waals surface area contributed by atoms with E-state index in [1.807, 2.05) is 19.1 Å². The molecule has 1 aromatic heterocycles. The van der Waals surface area contributed by atoms with E-state index in [1.165, 1.54) is 13.2 Å². The van der Waals surface area contributed by atoms with E-state index in [4.69, 9.17) is 0 Å². The molecule has 0 aliphatic carbocycles. The summed E-state index contributed by atoms with van der Waals surface area (Å²) in [6.45, 7) is 2.00. The molecule has 0 aliphatic rings. The molecule has 1 unspecified atom stereocenters. The summed E-state index contributed by atoms with van der Waals surface area (Å²) in [7, 11) is 1.35. The number of aromatic nitrogens is 1. The molecule has 1 heterocycles. The third kappa shape index (κ3) is 3.81. The first-order chi connectivity index (χ1) is 7.24. The van der Waals surface area contributed by atoms with E-state index in [9.17, 15) is 4.79 Å². The molecule has 1 aromatic rings. The highest BCUT2D eigenvalue weighted by Gasteiger charge is 2.00. The van der Waals surface area contributed by atoms with Gasteiger partial charge in [0.15, 0.2) is 0 Å². The number of hydrogen-bond donors (Lipinski definition) is 1. The number of esters is 1. The lowest BCUT2D eigenvalue weighted by molar-refractivity contribution is -0.134. The van der Waals surface area contributed by atoms with Crippen LogP contribution in [-0.2, 0) is 9.53 Å². The summed E-state index contributed by atoms with van der Waals surface area (Å²) in [5, 5.41) is 3.05. The van der Waals surface area contributed by atoms with E-state index in [0.717, 1.165) is 5.56 Å². The molecule has 0 spiro atoms. The van der Waals surface area contributed by atoms with Gasteiger partial charge < -0.3 is 10.1 Å². The van der Waals surface area contributed by atoms with Gasteiger partial charge in [-0.3, -0.25) is 4.98 Å². The number of carbonyl (C=O) groups is 1. The summed E-state index contributed by atoms with van der Waals surface area (Å²) in [6, 6.07) is 3.97. The molecular weight excluding hydrogens is 192 g/mol. The maximum absolute atomic E-state index is 10.8. The van der Waals surface area contributed by atoms with Crippen LogP contribution >= 0.6 is 0 Å². The highest BCUT2D eigenvalue weighted by molar-refractivity contribution is 5.81. The Bertz CT molecular complexity index is 336. The minimum absolute atomic E-state index is 0.133. The van der Waals surface area contributed by atoms with Crippen molar-refractivity contribution in [2.75, 3.05) is 7.11 Å². The fourth-order valence-corrected chi connectivity index (χ4v) is 1.08. The Morgan fingerprint density at radius 3 is 2.80 bits per heavy atom. The molecule has 80 valence electrons. The Kier molecular flexibility index (Phi) is 4.34. The van der Waals surface area contributed by atoms with Gasteiger partial charge in [-0.1, -0.05) is 0 Å². The van der Waals surface area contributed by atoms with Crippen LogP contribution in [0.3, 0.4) is 0 Å². The second kappa shape index (κ2) is 5.80. The lowest BCUT2D eigenvalue weighted by atomic mass is 10.1. The van der Waals surface area contributed by atoms with Gasteiger partial charge in [-0.15, -0.1) is 0 Å². The van der Waals surface area contributed by atoms with Crippen molar-refractivity contribution >= 4 is 5.97 Å². The number of hydrogen-bond acceptors (Lipinski definition) is 4. The molecule has 15 heavy (non-hydrogen) atoms. The fourth-order valence-electron chi connectivity index (χ4n) is 1.08. The van der Waals surface area contributed by atoms with E-state index in [1.54, 1.807) is 18.6 Å². The lowest BCUT2D eigenvalue weighted by Crippen LogP contribution is -2.12. The van der Waals surface area contributed by atoms with Gasteiger partial charge in [0, 0.05) is 30.7 Å². The molecule has 1 rings (SSSR count). The highest BCUT2D eigenvalue weighted by Crippen LogP contribution is 2.09. The van der Waals surface area contributed by atoms with Crippen LogP contribution in [-0.4, -0.2) is 18.1 Å². The molecular formula is C11H14N2O2. The molecule has 0 aliphatic heterocycles. The molecule has 0 aromatic carbocycles. The highest BCUT2D eigenvalue weighted by atomic mass is 16.5. The van der Waals surface area contributed by atoms with Gasteiger partial charge >= 0.3 is 5.97 Å². The number of pyridine rings is 1. The van der Waals surface area contributed by atoms with Crippen LogP contribution in [0.15, 0.2) is 36.8 Å². The van der Waals surface area contributed by atoms with Gasteiger partial charge in [0.05, 0.1) is 7.11 Å². The molecule has 1 N–H and O–H groups in total. The second-order valence-corrected chi connectivity index (χ2v) is 3.03. The monoisotopic (exact) mass is 206 g/mol. The van der Waals surface area contributed by atoms with Crippen molar-refractivity contribution < 1.29 is 9.53 Å². The van der Waals surface area contributed by atoms with E-state index >= 15 is 0 Å². The first-order valence-electron chi connectivity index (χ1n) is 4.64. The third-order valence-electron chi connectivity index (χ3n) is 1.97. The summed E-state index contributed by atoms with van der Waals surface area (Å²) >= 11 is 0. The summed E-state index contributed by atoms with van der Waals surface area (Å²) in [6.07, 6.45) is 6.39. The molecule has 0 bridgehead atoms. The molecule has 0 amide bonds. The predicted molar refractivity (Wildman–Crippen MR) is 56.9 cm³/mol. The fraction of sp³-hybridized carbons (Fsp3) is 0.273. The maximum atomic E-state index is 10.8. The Balaban J connectivity index is 2.47. The smallest absolute Gasteiger partial charge is 0.331 e. The summed E-state index contributed by atoms with van der Waals surface area (Å²) in [5.41, 5.74) is 1.11. The molecule has 0 saturated heterocycles. The van der Waals surface area contributed by atoms with E-state index in [0.29, 0.717) is 0 Å². The van der Waals surface area contributed by atoms with Gasteiger partial charge in [-0.05, 0) is 24.6 Å². The van der Waals surface area contributed by atoms with Gasteiger partial charge in [-0.25, -0.2) is 4.79 Å². The van der Waals surface area contributed by atoms with Crippen LogP contribution in [0.5, 0.6) is 0 Å². The Morgan fingerprint density at radius 2 is 2.20 bits per heavy atom. The van der Waals surface area contributed by atoms with Crippen molar-refractivity contribution in [1.82, 2.24) is 10.3 Å². The minimum atomic E-state index is -0.371. The largest absolute Gasteiger partial charge is 0.466 e. The second-order valence-electron chi connectivity index (χ2n) is 3.03. The van der Waals surface area contributed by atoms with Crippen LogP contribution < -0.4 is 5.32 Å². The first-order valence-corrected chi connectivity index (χ1v) is 4.64. The number of nitrogens with zero attached hydrogens (tertiary/aromatic N) is 1. The van der Waals surface area contributed by atoms with E-state index in [2.05, 4.69) is 15.0 Å². The first kappa shape index (κ1) is 11.2. The number of ether oxygens (including phenoxy) is 1. The van der Waals surface area contributed by atoms with Crippen LogP contribution in [0.1, 0.15) is 18.5 Å². The molecule has 0 fully saturated rings. The van der Waals surface area contributed by atoms with Crippen LogP contribution in [0.4, 0.5) is 0 Å². The molecule has 0 saturated carbocycles. The average molecular weight is 206 g/mol. The third-order valence-corrected chi connectivity index (χ3v) is 1.97. The minimum Gasteiger partial charge on any atom is -0.466 e. The van der Waals surface area contributed by atoms with Crippen molar-refractivity contribution in [1.29, 1.82) is 0 Å². The van der Waals surface area contributed by atoms with Gasteiger partial charge in [0.1, 0.15) is 0 Å². The van der Waals surface area contributed by atoms with Crippen molar-refractivity contribution in [3.05, 3.63) is 42.4 Å². The zero-order valence-electron chi connectivity index (χ0n) is 8.81. The maximum Gasteiger partial charge on any atom is 0.331 e. The van der Waals surface area contributed by atoms with Crippen molar-refractivity contribution in [2.45, 2.75) is 13.0 Å². The number of rotatable bonds is 4. The predicted octanol–water partition coefficient (Wildman–Crippen LogP) is 1.42. The van der Waals surface area contributed by atoms with E-state index in [-0.39, 0.29) is 12.0 Å². The number of methoxy groups -OCH3 is 1. The Morgan fingerprint density at radius 1 is 1.53 bits per heavy atom.